The maximum absolute atomic E-state index is 13.1. The fraction of sp³-hybridized carbons (Fsp3) is 0.222. The molecule has 0 spiro atoms. The molecule has 26 heavy (non-hydrogen) atoms. The van der Waals surface area contributed by atoms with Gasteiger partial charge in [0, 0.05) is 5.69 Å². The van der Waals surface area contributed by atoms with Crippen molar-refractivity contribution in [2.24, 2.45) is 0 Å². The minimum absolute atomic E-state index is 0.125. The van der Waals surface area contributed by atoms with Gasteiger partial charge in [0.25, 0.3) is 5.91 Å². The number of rotatable bonds is 4. The molecule has 2 aromatic rings. The fourth-order valence-electron chi connectivity index (χ4n) is 2.37. The van der Waals surface area contributed by atoms with E-state index in [0.717, 1.165) is 6.07 Å². The quantitative estimate of drug-likeness (QED) is 0.826. The lowest BCUT2D eigenvalue weighted by molar-refractivity contribution is -0.159. The van der Waals surface area contributed by atoms with E-state index >= 15 is 0 Å². The highest BCUT2D eigenvalue weighted by Gasteiger charge is 2.35. The average Bonchev–Trinajstić information content (AvgIpc) is 2.62. The number of anilines is 1. The molecule has 2 atom stereocenters. The number of hydrogen-bond acceptors (Lipinski definition) is 5. The van der Waals surface area contributed by atoms with Crippen molar-refractivity contribution < 1.29 is 28.2 Å². The first-order chi connectivity index (χ1) is 12.4. The number of para-hydroxylation sites is 2. The van der Waals surface area contributed by atoms with Gasteiger partial charge < -0.3 is 19.5 Å². The molecule has 136 valence electrons. The Morgan fingerprint density at radius 1 is 1.19 bits per heavy atom. The standard InChI is InChI=1S/C18H15ClFNO5/c1-10-17(26-15-5-3-2-4-14(15)25-10)18(23)24-9-16(22)21-11-6-7-13(20)12(19)8-11/h2-8,10,17H,9H2,1H3,(H,21,22). The van der Waals surface area contributed by atoms with E-state index in [9.17, 15) is 14.0 Å². The van der Waals surface area contributed by atoms with Gasteiger partial charge in [-0.05, 0) is 37.3 Å². The number of fused-ring (bicyclic) bond motifs is 1. The van der Waals surface area contributed by atoms with E-state index in [-0.39, 0.29) is 10.7 Å². The number of halogens is 2. The first kappa shape index (κ1) is 18.0. The van der Waals surface area contributed by atoms with E-state index in [1.165, 1.54) is 12.1 Å². The number of carbonyl (C=O) groups excluding carboxylic acids is 2. The average molecular weight is 380 g/mol. The number of hydrogen-bond donors (Lipinski definition) is 1. The van der Waals surface area contributed by atoms with Gasteiger partial charge in [-0.15, -0.1) is 0 Å². The molecule has 8 heteroatoms. The molecule has 0 fully saturated rings. The summed E-state index contributed by atoms with van der Waals surface area (Å²) in [6.07, 6.45) is -1.56. The van der Waals surface area contributed by atoms with Gasteiger partial charge in [-0.1, -0.05) is 23.7 Å². The number of ether oxygens (including phenoxy) is 3. The van der Waals surface area contributed by atoms with Crippen molar-refractivity contribution in [3.8, 4) is 11.5 Å². The molecular formula is C18H15ClFNO5. The summed E-state index contributed by atoms with van der Waals surface area (Å²) >= 11 is 5.64. The zero-order valence-corrected chi connectivity index (χ0v) is 14.5. The summed E-state index contributed by atoms with van der Waals surface area (Å²) in [6, 6.07) is 10.7. The van der Waals surface area contributed by atoms with Crippen LogP contribution in [-0.4, -0.2) is 30.7 Å². The second-order valence-electron chi connectivity index (χ2n) is 5.59. The Balaban J connectivity index is 1.55. The van der Waals surface area contributed by atoms with Gasteiger partial charge in [0.2, 0.25) is 6.10 Å². The Morgan fingerprint density at radius 2 is 1.88 bits per heavy atom. The van der Waals surface area contributed by atoms with Crippen molar-refractivity contribution in [1.29, 1.82) is 0 Å². The van der Waals surface area contributed by atoms with Crippen LogP contribution in [0.15, 0.2) is 42.5 Å². The molecule has 0 saturated carbocycles. The van der Waals surface area contributed by atoms with E-state index in [4.69, 9.17) is 25.8 Å². The van der Waals surface area contributed by atoms with Crippen molar-refractivity contribution in [2.45, 2.75) is 19.1 Å². The molecule has 2 aromatic carbocycles. The minimum atomic E-state index is -0.988. The molecule has 1 N–H and O–H groups in total. The molecule has 0 aromatic heterocycles. The van der Waals surface area contributed by atoms with Crippen LogP contribution in [0.2, 0.25) is 5.02 Å². The lowest BCUT2D eigenvalue weighted by Crippen LogP contribution is -2.45. The molecule has 1 aliphatic rings. The number of amides is 1. The highest BCUT2D eigenvalue weighted by atomic mass is 35.5. The van der Waals surface area contributed by atoms with E-state index < -0.39 is 36.5 Å². The van der Waals surface area contributed by atoms with Crippen LogP contribution in [0, 0.1) is 5.82 Å². The maximum Gasteiger partial charge on any atom is 0.351 e. The molecule has 3 rings (SSSR count). The van der Waals surface area contributed by atoms with Gasteiger partial charge in [0.05, 0.1) is 5.02 Å². The van der Waals surface area contributed by atoms with E-state index in [1.807, 2.05) is 0 Å². The van der Waals surface area contributed by atoms with Gasteiger partial charge in [0.1, 0.15) is 11.9 Å². The highest BCUT2D eigenvalue weighted by molar-refractivity contribution is 6.31. The second-order valence-corrected chi connectivity index (χ2v) is 6.00. The molecule has 1 heterocycles. The summed E-state index contributed by atoms with van der Waals surface area (Å²) in [5, 5.41) is 2.33. The molecule has 0 saturated heterocycles. The third-order valence-electron chi connectivity index (χ3n) is 3.62. The van der Waals surface area contributed by atoms with Crippen molar-refractivity contribution >= 4 is 29.2 Å². The third-order valence-corrected chi connectivity index (χ3v) is 3.91. The first-order valence-corrected chi connectivity index (χ1v) is 8.15. The van der Waals surface area contributed by atoms with Gasteiger partial charge in [0.15, 0.2) is 18.1 Å². The zero-order valence-electron chi connectivity index (χ0n) is 13.7. The van der Waals surface area contributed by atoms with Gasteiger partial charge in [-0.3, -0.25) is 4.79 Å². The Morgan fingerprint density at radius 3 is 2.58 bits per heavy atom. The molecule has 0 aliphatic carbocycles. The molecule has 6 nitrogen and oxygen atoms in total. The molecular weight excluding hydrogens is 365 g/mol. The Hall–Kier alpha value is -2.80. The highest BCUT2D eigenvalue weighted by Crippen LogP contribution is 2.33. The van der Waals surface area contributed by atoms with Crippen LogP contribution in [0.3, 0.4) is 0 Å². The minimum Gasteiger partial charge on any atom is -0.482 e. The monoisotopic (exact) mass is 379 g/mol. The number of benzene rings is 2. The van der Waals surface area contributed by atoms with Crippen LogP contribution in [-0.2, 0) is 14.3 Å². The van der Waals surface area contributed by atoms with E-state index in [2.05, 4.69) is 5.32 Å². The first-order valence-electron chi connectivity index (χ1n) is 7.78. The van der Waals surface area contributed by atoms with Crippen LogP contribution in [0.25, 0.3) is 0 Å². The normalized spacial score (nSPS) is 18.1. The summed E-state index contributed by atoms with van der Waals surface area (Å²) in [6.45, 7) is 1.14. The predicted molar refractivity (Wildman–Crippen MR) is 91.9 cm³/mol. The van der Waals surface area contributed by atoms with E-state index in [1.54, 1.807) is 31.2 Å². The summed E-state index contributed by atoms with van der Waals surface area (Å²) in [5.74, 6) is -0.946. The topological polar surface area (TPSA) is 73.9 Å². The van der Waals surface area contributed by atoms with Gasteiger partial charge in [-0.2, -0.15) is 0 Å². The maximum atomic E-state index is 13.1. The second kappa shape index (κ2) is 7.61. The van der Waals surface area contributed by atoms with E-state index in [0.29, 0.717) is 11.5 Å². The van der Waals surface area contributed by atoms with Gasteiger partial charge in [-0.25, -0.2) is 9.18 Å². The van der Waals surface area contributed by atoms with Crippen LogP contribution in [0.5, 0.6) is 11.5 Å². The number of esters is 1. The molecule has 1 amide bonds. The Labute approximate surface area is 153 Å². The smallest absolute Gasteiger partial charge is 0.351 e. The van der Waals surface area contributed by atoms with Crippen LogP contribution >= 0.6 is 11.6 Å². The summed E-state index contributed by atoms with van der Waals surface area (Å²) in [7, 11) is 0. The van der Waals surface area contributed by atoms with Crippen molar-refractivity contribution in [2.75, 3.05) is 11.9 Å². The molecule has 1 aliphatic heterocycles. The SMILES string of the molecule is CC1Oc2ccccc2OC1C(=O)OCC(=O)Nc1ccc(F)c(Cl)c1. The van der Waals surface area contributed by atoms with Crippen LogP contribution in [0.1, 0.15) is 6.92 Å². The molecule has 2 unspecified atom stereocenters. The van der Waals surface area contributed by atoms with Crippen LogP contribution < -0.4 is 14.8 Å². The Kier molecular flexibility index (Phi) is 5.27. The van der Waals surface area contributed by atoms with Crippen LogP contribution in [0.4, 0.5) is 10.1 Å². The largest absolute Gasteiger partial charge is 0.482 e. The summed E-state index contributed by atoms with van der Waals surface area (Å²) in [4.78, 5) is 24.1. The van der Waals surface area contributed by atoms with Crippen molar-refractivity contribution in [3.05, 3.63) is 53.3 Å². The van der Waals surface area contributed by atoms with Crippen molar-refractivity contribution in [3.63, 3.8) is 0 Å². The molecule has 0 radical (unpaired) electrons. The van der Waals surface area contributed by atoms with Gasteiger partial charge >= 0.3 is 5.97 Å². The third kappa shape index (κ3) is 4.05. The lowest BCUT2D eigenvalue weighted by atomic mass is 10.2. The summed E-state index contributed by atoms with van der Waals surface area (Å²) in [5.41, 5.74) is 0.289. The Bertz CT molecular complexity index is 844. The number of carbonyl (C=O) groups is 2. The predicted octanol–water partition coefficient (Wildman–Crippen LogP) is 3.19. The lowest BCUT2D eigenvalue weighted by Gasteiger charge is -2.30. The molecule has 0 bridgehead atoms. The van der Waals surface area contributed by atoms with Crippen molar-refractivity contribution in [1.82, 2.24) is 0 Å². The summed E-state index contributed by atoms with van der Waals surface area (Å²) < 4.78 is 29.3. The fourth-order valence-corrected chi connectivity index (χ4v) is 2.55. The zero-order chi connectivity index (χ0) is 18.7. The number of nitrogens with one attached hydrogen (secondary N) is 1.